The molecule has 3 aromatic carbocycles. The lowest BCUT2D eigenvalue weighted by Crippen LogP contribution is -1.99. The number of thiazole rings is 1. The molecule has 1 N–H and O–H groups in total. The summed E-state index contributed by atoms with van der Waals surface area (Å²) in [4.78, 5) is 4.58. The van der Waals surface area contributed by atoms with Gasteiger partial charge in [-0.25, -0.2) is 9.37 Å². The van der Waals surface area contributed by atoms with E-state index in [4.69, 9.17) is 4.74 Å². The molecule has 6 heteroatoms. The van der Waals surface area contributed by atoms with Crippen molar-refractivity contribution >= 4 is 22.7 Å². The van der Waals surface area contributed by atoms with Crippen LogP contribution in [0, 0.1) is 12.7 Å². The smallest absolute Gasteiger partial charge is 0.203 e. The molecule has 0 radical (unpaired) electrons. The van der Waals surface area contributed by atoms with Gasteiger partial charge < -0.3 is 4.74 Å². The second-order valence-corrected chi connectivity index (χ2v) is 7.58. The van der Waals surface area contributed by atoms with Gasteiger partial charge in [0, 0.05) is 16.5 Å². The van der Waals surface area contributed by atoms with Crippen molar-refractivity contribution < 1.29 is 9.13 Å². The van der Waals surface area contributed by atoms with E-state index in [1.807, 2.05) is 29.6 Å². The summed E-state index contributed by atoms with van der Waals surface area (Å²) >= 11 is 1.50. The molecule has 1 aromatic heterocycles. The van der Waals surface area contributed by atoms with Crippen molar-refractivity contribution in [3.05, 3.63) is 101 Å². The third-order valence-corrected chi connectivity index (χ3v) is 5.19. The Kier molecular flexibility index (Phi) is 6.15. The first-order valence-electron chi connectivity index (χ1n) is 9.45. The van der Waals surface area contributed by atoms with Gasteiger partial charge in [-0.05, 0) is 36.8 Å². The van der Waals surface area contributed by atoms with Gasteiger partial charge in [-0.15, -0.1) is 11.3 Å². The lowest BCUT2D eigenvalue weighted by atomic mass is 10.1. The molecule has 4 aromatic rings. The van der Waals surface area contributed by atoms with Crippen molar-refractivity contribution in [2.45, 2.75) is 13.5 Å². The van der Waals surface area contributed by atoms with Gasteiger partial charge in [0.2, 0.25) is 5.13 Å². The maximum absolute atomic E-state index is 13.0. The lowest BCUT2D eigenvalue weighted by molar-refractivity contribution is 0.305. The number of hydrazone groups is 1. The van der Waals surface area contributed by atoms with Crippen LogP contribution in [-0.2, 0) is 6.61 Å². The van der Waals surface area contributed by atoms with Crippen LogP contribution in [0.15, 0.2) is 83.3 Å². The van der Waals surface area contributed by atoms with Gasteiger partial charge >= 0.3 is 0 Å². The topological polar surface area (TPSA) is 46.5 Å². The number of hydrogen-bond acceptors (Lipinski definition) is 5. The van der Waals surface area contributed by atoms with Crippen molar-refractivity contribution in [3.8, 4) is 17.0 Å². The van der Waals surface area contributed by atoms with Crippen LogP contribution in [-0.4, -0.2) is 11.2 Å². The third-order valence-electron chi connectivity index (χ3n) is 4.44. The van der Waals surface area contributed by atoms with E-state index >= 15 is 0 Å². The summed E-state index contributed by atoms with van der Waals surface area (Å²) in [7, 11) is 0. The van der Waals surface area contributed by atoms with Gasteiger partial charge in [0.25, 0.3) is 0 Å². The van der Waals surface area contributed by atoms with Gasteiger partial charge in [-0.3, -0.25) is 5.43 Å². The molecule has 0 aliphatic heterocycles. The fraction of sp³-hybridized carbons (Fsp3) is 0.0833. The minimum atomic E-state index is -0.259. The third kappa shape index (κ3) is 5.10. The number of halogens is 1. The first-order valence-corrected chi connectivity index (χ1v) is 10.3. The van der Waals surface area contributed by atoms with Crippen LogP contribution in [0.5, 0.6) is 5.75 Å². The molecular weight excluding hydrogens is 397 g/mol. The zero-order valence-electron chi connectivity index (χ0n) is 16.4. The van der Waals surface area contributed by atoms with Crippen molar-refractivity contribution in [2.24, 2.45) is 5.10 Å². The molecule has 0 amide bonds. The van der Waals surface area contributed by atoms with Crippen LogP contribution in [0.3, 0.4) is 0 Å². The van der Waals surface area contributed by atoms with Gasteiger partial charge in [0.05, 0.1) is 11.9 Å². The first kappa shape index (κ1) is 19.8. The van der Waals surface area contributed by atoms with Crippen LogP contribution in [0.1, 0.15) is 16.7 Å². The predicted octanol–water partition coefficient (Wildman–Crippen LogP) is 6.28. The second kappa shape index (κ2) is 9.33. The van der Waals surface area contributed by atoms with Crippen molar-refractivity contribution in [1.82, 2.24) is 4.98 Å². The normalized spacial score (nSPS) is 11.0. The number of ether oxygens (including phenoxy) is 1. The molecule has 150 valence electrons. The van der Waals surface area contributed by atoms with Gasteiger partial charge in [0.1, 0.15) is 18.2 Å². The molecule has 0 aliphatic carbocycles. The second-order valence-electron chi connectivity index (χ2n) is 6.73. The molecule has 30 heavy (non-hydrogen) atoms. The van der Waals surface area contributed by atoms with E-state index in [9.17, 15) is 4.39 Å². The largest absolute Gasteiger partial charge is 0.488 e. The molecule has 4 rings (SSSR count). The molecular formula is C24H20FN3OS. The zero-order chi connectivity index (χ0) is 20.8. The Hall–Kier alpha value is -3.51. The molecule has 0 unspecified atom stereocenters. The minimum absolute atomic E-state index is 0.259. The number of anilines is 1. The summed E-state index contributed by atoms with van der Waals surface area (Å²) in [6.45, 7) is 2.42. The Bertz CT molecular complexity index is 1140. The van der Waals surface area contributed by atoms with Gasteiger partial charge in [-0.2, -0.15) is 5.10 Å². The van der Waals surface area contributed by atoms with Gasteiger partial charge in [-0.1, -0.05) is 54.1 Å². The maximum Gasteiger partial charge on any atom is 0.203 e. The quantitative estimate of drug-likeness (QED) is 0.284. The predicted molar refractivity (Wildman–Crippen MR) is 121 cm³/mol. The fourth-order valence-electron chi connectivity index (χ4n) is 2.80. The monoisotopic (exact) mass is 417 g/mol. The number of aryl methyl sites for hydroxylation is 1. The summed E-state index contributed by atoms with van der Waals surface area (Å²) in [5.74, 6) is 0.442. The lowest BCUT2D eigenvalue weighted by Gasteiger charge is -2.09. The molecule has 0 bridgehead atoms. The van der Waals surface area contributed by atoms with Crippen molar-refractivity contribution in [3.63, 3.8) is 0 Å². The molecule has 0 saturated carbocycles. The molecule has 4 nitrogen and oxygen atoms in total. The van der Waals surface area contributed by atoms with Crippen LogP contribution in [0.25, 0.3) is 11.3 Å². The molecule has 1 heterocycles. The molecule has 0 atom stereocenters. The molecule has 0 fully saturated rings. The van der Waals surface area contributed by atoms with Crippen LogP contribution >= 0.6 is 11.3 Å². The fourth-order valence-corrected chi connectivity index (χ4v) is 3.47. The highest BCUT2D eigenvalue weighted by Gasteiger charge is 2.05. The summed E-state index contributed by atoms with van der Waals surface area (Å²) in [5.41, 5.74) is 7.93. The first-order chi connectivity index (χ1) is 14.7. The van der Waals surface area contributed by atoms with E-state index in [-0.39, 0.29) is 5.82 Å². The zero-order valence-corrected chi connectivity index (χ0v) is 17.2. The Balaban J connectivity index is 1.40. The summed E-state index contributed by atoms with van der Waals surface area (Å²) in [6, 6.07) is 22.2. The maximum atomic E-state index is 13.0. The van der Waals surface area contributed by atoms with Crippen molar-refractivity contribution in [2.75, 3.05) is 5.43 Å². The van der Waals surface area contributed by atoms with Crippen molar-refractivity contribution in [1.29, 1.82) is 0 Å². The van der Waals surface area contributed by atoms with E-state index in [2.05, 4.69) is 46.7 Å². The van der Waals surface area contributed by atoms with E-state index < -0.39 is 0 Å². The standard InChI is InChI=1S/C24H20FN3OS/c1-17-6-10-19(11-7-17)22-16-30-24(27-22)28-26-14-20-4-2-3-5-23(20)29-15-18-8-12-21(25)13-9-18/h2-14,16H,15H2,1H3,(H,27,28). The molecule has 0 saturated heterocycles. The van der Waals surface area contributed by atoms with Crippen LogP contribution in [0.2, 0.25) is 0 Å². The van der Waals surface area contributed by atoms with Crippen LogP contribution in [0.4, 0.5) is 9.52 Å². The molecule has 0 spiro atoms. The highest BCUT2D eigenvalue weighted by atomic mass is 32.1. The Morgan fingerprint density at radius 1 is 1.03 bits per heavy atom. The van der Waals surface area contributed by atoms with E-state index in [1.165, 1.54) is 29.0 Å². The molecule has 0 aliphatic rings. The number of para-hydroxylation sites is 1. The number of nitrogens with one attached hydrogen (secondary N) is 1. The number of benzene rings is 3. The number of rotatable bonds is 7. The van der Waals surface area contributed by atoms with Gasteiger partial charge in [0.15, 0.2) is 0 Å². The highest BCUT2D eigenvalue weighted by molar-refractivity contribution is 7.14. The average molecular weight is 418 g/mol. The van der Waals surface area contributed by atoms with Crippen LogP contribution < -0.4 is 10.2 Å². The minimum Gasteiger partial charge on any atom is -0.488 e. The highest BCUT2D eigenvalue weighted by Crippen LogP contribution is 2.25. The SMILES string of the molecule is Cc1ccc(-c2csc(NN=Cc3ccccc3OCc3ccc(F)cc3)n2)cc1. The number of aromatic nitrogens is 1. The Morgan fingerprint density at radius 2 is 1.80 bits per heavy atom. The average Bonchev–Trinajstić information content (AvgIpc) is 3.23. The van der Waals surface area contributed by atoms with E-state index in [0.29, 0.717) is 17.5 Å². The number of nitrogens with zero attached hydrogens (tertiary/aromatic N) is 2. The van der Waals surface area contributed by atoms with E-state index in [1.54, 1.807) is 18.3 Å². The summed E-state index contributed by atoms with van der Waals surface area (Å²) in [5, 5.41) is 7.02. The van der Waals surface area contributed by atoms with E-state index in [0.717, 1.165) is 22.4 Å². The number of hydrogen-bond donors (Lipinski definition) is 1. The Morgan fingerprint density at radius 3 is 2.60 bits per heavy atom. The Labute approximate surface area is 178 Å². The summed E-state index contributed by atoms with van der Waals surface area (Å²) < 4.78 is 18.9. The summed E-state index contributed by atoms with van der Waals surface area (Å²) in [6.07, 6.45) is 1.70.